The van der Waals surface area contributed by atoms with E-state index in [1.165, 1.54) is 6.26 Å². The van der Waals surface area contributed by atoms with Gasteiger partial charge in [0.25, 0.3) is 11.8 Å². The molecule has 0 unspecified atom stereocenters. The lowest BCUT2D eigenvalue weighted by Crippen LogP contribution is -2.21. The zero-order valence-electron chi connectivity index (χ0n) is 16.0. The summed E-state index contributed by atoms with van der Waals surface area (Å²) >= 11 is 0. The van der Waals surface area contributed by atoms with E-state index >= 15 is 0 Å². The van der Waals surface area contributed by atoms with Gasteiger partial charge in [0.2, 0.25) is 0 Å². The zero-order chi connectivity index (χ0) is 20.1. The number of benzene rings is 2. The maximum absolute atomic E-state index is 12.3. The summed E-state index contributed by atoms with van der Waals surface area (Å²) in [6.45, 7) is 5.83. The molecule has 6 heteroatoms. The second-order valence-corrected chi connectivity index (χ2v) is 6.58. The molecule has 0 radical (unpaired) electrons. The molecule has 0 aliphatic rings. The molecule has 6 nitrogen and oxygen atoms in total. The molecule has 1 heterocycles. The molecule has 0 spiro atoms. The SMILES string of the molecule is Cc1cc(C)c(OCC(=O)Nc2cccc(NC(=O)c3ccco3)c2)c(C)c1. The summed E-state index contributed by atoms with van der Waals surface area (Å²) in [5, 5.41) is 5.49. The maximum Gasteiger partial charge on any atom is 0.291 e. The number of rotatable bonds is 6. The summed E-state index contributed by atoms with van der Waals surface area (Å²) in [7, 11) is 0. The lowest BCUT2D eigenvalue weighted by Gasteiger charge is -2.13. The Morgan fingerprint density at radius 2 is 1.61 bits per heavy atom. The average molecular weight is 378 g/mol. The number of aryl methyl sites for hydroxylation is 3. The van der Waals surface area contributed by atoms with Gasteiger partial charge in [-0.3, -0.25) is 9.59 Å². The standard InChI is InChI=1S/C22H22N2O4/c1-14-10-15(2)21(16(3)11-14)28-13-20(25)23-17-6-4-7-18(12-17)24-22(26)19-8-5-9-27-19/h4-12H,13H2,1-3H3,(H,23,25)(H,24,26). The molecule has 2 N–H and O–H groups in total. The van der Waals surface area contributed by atoms with Crippen LogP contribution in [0, 0.1) is 20.8 Å². The summed E-state index contributed by atoms with van der Waals surface area (Å²) in [6, 6.07) is 14.1. The van der Waals surface area contributed by atoms with Crippen LogP contribution in [0.1, 0.15) is 27.2 Å². The van der Waals surface area contributed by atoms with E-state index in [1.807, 2.05) is 32.9 Å². The predicted molar refractivity (Wildman–Crippen MR) is 108 cm³/mol. The molecule has 1 aromatic heterocycles. The predicted octanol–water partition coefficient (Wildman–Crippen LogP) is 4.47. The summed E-state index contributed by atoms with van der Waals surface area (Å²) in [6.07, 6.45) is 1.43. The van der Waals surface area contributed by atoms with E-state index in [0.29, 0.717) is 11.4 Å². The van der Waals surface area contributed by atoms with Crippen LogP contribution < -0.4 is 15.4 Å². The molecule has 0 saturated heterocycles. The fourth-order valence-electron chi connectivity index (χ4n) is 3.00. The number of anilines is 2. The molecule has 0 bridgehead atoms. The van der Waals surface area contributed by atoms with Crippen molar-refractivity contribution >= 4 is 23.2 Å². The van der Waals surface area contributed by atoms with Gasteiger partial charge in [0.05, 0.1) is 6.26 Å². The first kappa shape index (κ1) is 19.2. The molecule has 144 valence electrons. The quantitative estimate of drug-likeness (QED) is 0.663. The van der Waals surface area contributed by atoms with Crippen molar-refractivity contribution in [1.29, 1.82) is 0 Å². The summed E-state index contributed by atoms with van der Waals surface area (Å²) in [5.41, 5.74) is 4.25. The number of hydrogen-bond donors (Lipinski definition) is 2. The van der Waals surface area contributed by atoms with Crippen molar-refractivity contribution in [1.82, 2.24) is 0 Å². The second kappa shape index (κ2) is 8.43. The Morgan fingerprint density at radius 3 is 2.25 bits per heavy atom. The van der Waals surface area contributed by atoms with Crippen LogP contribution >= 0.6 is 0 Å². The number of carbonyl (C=O) groups excluding carboxylic acids is 2. The summed E-state index contributed by atoms with van der Waals surface area (Å²) < 4.78 is 10.8. The van der Waals surface area contributed by atoms with Gasteiger partial charge in [0, 0.05) is 11.4 Å². The summed E-state index contributed by atoms with van der Waals surface area (Å²) in [4.78, 5) is 24.3. The second-order valence-electron chi connectivity index (χ2n) is 6.58. The molecule has 0 aliphatic carbocycles. The molecule has 0 fully saturated rings. The topological polar surface area (TPSA) is 80.6 Å². The number of nitrogens with one attached hydrogen (secondary N) is 2. The minimum Gasteiger partial charge on any atom is -0.483 e. The Labute approximate surface area is 163 Å². The highest BCUT2D eigenvalue weighted by Gasteiger charge is 2.11. The third-order valence-electron chi connectivity index (χ3n) is 4.10. The lowest BCUT2D eigenvalue weighted by atomic mass is 10.1. The molecule has 28 heavy (non-hydrogen) atoms. The van der Waals surface area contributed by atoms with Gasteiger partial charge >= 0.3 is 0 Å². The molecular weight excluding hydrogens is 356 g/mol. The van der Waals surface area contributed by atoms with Crippen LogP contribution in [0.15, 0.2) is 59.2 Å². The van der Waals surface area contributed by atoms with E-state index in [-0.39, 0.29) is 24.2 Å². The van der Waals surface area contributed by atoms with Gasteiger partial charge in [-0.15, -0.1) is 0 Å². The largest absolute Gasteiger partial charge is 0.483 e. The van der Waals surface area contributed by atoms with Gasteiger partial charge in [-0.2, -0.15) is 0 Å². The molecule has 3 rings (SSSR count). The van der Waals surface area contributed by atoms with Crippen LogP contribution in [-0.4, -0.2) is 18.4 Å². The molecule has 3 aromatic rings. The van der Waals surface area contributed by atoms with Gasteiger partial charge in [-0.05, 0) is 62.2 Å². The Bertz CT molecular complexity index is 971. The zero-order valence-corrected chi connectivity index (χ0v) is 16.0. The monoisotopic (exact) mass is 378 g/mol. The van der Waals surface area contributed by atoms with Crippen molar-refractivity contribution in [2.24, 2.45) is 0 Å². The minimum atomic E-state index is -0.359. The first-order valence-corrected chi connectivity index (χ1v) is 8.88. The molecule has 0 atom stereocenters. The van der Waals surface area contributed by atoms with Crippen LogP contribution in [0.4, 0.5) is 11.4 Å². The van der Waals surface area contributed by atoms with Crippen molar-refractivity contribution in [2.45, 2.75) is 20.8 Å². The lowest BCUT2D eigenvalue weighted by molar-refractivity contribution is -0.118. The molecule has 2 amide bonds. The van der Waals surface area contributed by atoms with Crippen LogP contribution in [0.25, 0.3) is 0 Å². The van der Waals surface area contributed by atoms with Crippen LogP contribution in [-0.2, 0) is 4.79 Å². The highest BCUT2D eigenvalue weighted by molar-refractivity contribution is 6.02. The highest BCUT2D eigenvalue weighted by Crippen LogP contribution is 2.24. The van der Waals surface area contributed by atoms with Crippen molar-refractivity contribution in [3.05, 3.63) is 77.2 Å². The third-order valence-corrected chi connectivity index (χ3v) is 4.10. The van der Waals surface area contributed by atoms with Crippen LogP contribution in [0.2, 0.25) is 0 Å². The van der Waals surface area contributed by atoms with E-state index in [1.54, 1.807) is 36.4 Å². The highest BCUT2D eigenvalue weighted by atomic mass is 16.5. The van der Waals surface area contributed by atoms with Crippen LogP contribution in [0.3, 0.4) is 0 Å². The third kappa shape index (κ3) is 4.79. The number of carbonyl (C=O) groups is 2. The van der Waals surface area contributed by atoms with Crippen molar-refractivity contribution in [2.75, 3.05) is 17.2 Å². The Morgan fingerprint density at radius 1 is 0.929 bits per heavy atom. The fraction of sp³-hybridized carbons (Fsp3) is 0.182. The van der Waals surface area contributed by atoms with Crippen LogP contribution in [0.5, 0.6) is 5.75 Å². The minimum absolute atomic E-state index is 0.103. The number of amides is 2. The number of furan rings is 1. The van der Waals surface area contributed by atoms with E-state index in [0.717, 1.165) is 22.4 Å². The fourth-order valence-corrected chi connectivity index (χ4v) is 3.00. The smallest absolute Gasteiger partial charge is 0.291 e. The molecule has 0 aliphatic heterocycles. The number of ether oxygens (including phenoxy) is 1. The Hall–Kier alpha value is -3.54. The van der Waals surface area contributed by atoms with E-state index in [2.05, 4.69) is 10.6 Å². The Balaban J connectivity index is 1.59. The van der Waals surface area contributed by atoms with Crippen molar-refractivity contribution in [3.8, 4) is 5.75 Å². The van der Waals surface area contributed by atoms with Gasteiger partial charge < -0.3 is 19.8 Å². The van der Waals surface area contributed by atoms with Gasteiger partial charge in [0.15, 0.2) is 12.4 Å². The molecule has 0 saturated carbocycles. The molecular formula is C22H22N2O4. The van der Waals surface area contributed by atoms with E-state index < -0.39 is 0 Å². The maximum atomic E-state index is 12.3. The Kier molecular flexibility index (Phi) is 5.79. The average Bonchev–Trinajstić information content (AvgIpc) is 3.16. The van der Waals surface area contributed by atoms with E-state index in [4.69, 9.17) is 9.15 Å². The summed E-state index contributed by atoms with van der Waals surface area (Å²) in [5.74, 6) is 0.294. The van der Waals surface area contributed by atoms with Gasteiger partial charge in [-0.1, -0.05) is 23.8 Å². The normalized spacial score (nSPS) is 10.4. The molecule has 2 aromatic carbocycles. The number of hydrogen-bond acceptors (Lipinski definition) is 4. The first-order chi connectivity index (χ1) is 13.4. The first-order valence-electron chi connectivity index (χ1n) is 8.88. The van der Waals surface area contributed by atoms with Gasteiger partial charge in [-0.25, -0.2) is 0 Å². The van der Waals surface area contributed by atoms with Crippen molar-refractivity contribution in [3.63, 3.8) is 0 Å². The van der Waals surface area contributed by atoms with Gasteiger partial charge in [0.1, 0.15) is 5.75 Å². The van der Waals surface area contributed by atoms with E-state index in [9.17, 15) is 9.59 Å². The van der Waals surface area contributed by atoms with Crippen molar-refractivity contribution < 1.29 is 18.7 Å².